The fraction of sp³-hybridized carbons (Fsp3) is 0.333. The lowest BCUT2D eigenvalue weighted by molar-refractivity contribution is -0.141. The van der Waals surface area contributed by atoms with Crippen LogP contribution in [0.5, 0.6) is 0 Å². The molecule has 1 aromatic carbocycles. The van der Waals surface area contributed by atoms with Crippen LogP contribution in [0, 0.1) is 0 Å². The highest BCUT2D eigenvalue weighted by Crippen LogP contribution is 2.11. The monoisotopic (exact) mass is 253 g/mol. The predicted molar refractivity (Wildman–Crippen MR) is 62.7 cm³/mol. The maximum Gasteiger partial charge on any atom is 0.328 e. The van der Waals surface area contributed by atoms with Crippen LogP contribution in [0.25, 0.3) is 0 Å². The Kier molecular flexibility index (Phi) is 3.64. The molecule has 1 heterocycles. The predicted octanol–water partition coefficient (Wildman–Crippen LogP) is 1.31. The van der Waals surface area contributed by atoms with E-state index in [2.05, 4.69) is 5.32 Å². The molecule has 2 rings (SSSR count). The van der Waals surface area contributed by atoms with E-state index >= 15 is 0 Å². The zero-order valence-electron chi connectivity index (χ0n) is 9.11. The van der Waals surface area contributed by atoms with Crippen molar-refractivity contribution in [1.82, 2.24) is 5.32 Å². The Labute approximate surface area is 104 Å². The molecule has 0 aromatic heterocycles. The quantitative estimate of drug-likeness (QED) is 0.827. The number of amides is 1. The normalized spacial score (nSPS) is 18.9. The second-order valence-corrected chi connectivity index (χ2v) is 4.32. The molecule has 0 saturated carbocycles. The largest absolute Gasteiger partial charge is 0.464 e. The summed E-state index contributed by atoms with van der Waals surface area (Å²) < 4.78 is 4.76. The van der Waals surface area contributed by atoms with E-state index in [0.29, 0.717) is 18.1 Å². The minimum atomic E-state index is -0.498. The minimum absolute atomic E-state index is 0.198. The van der Waals surface area contributed by atoms with Crippen molar-refractivity contribution in [2.24, 2.45) is 0 Å². The van der Waals surface area contributed by atoms with Crippen LogP contribution in [-0.2, 0) is 20.7 Å². The van der Waals surface area contributed by atoms with Crippen LogP contribution < -0.4 is 5.32 Å². The molecule has 1 aromatic rings. The van der Waals surface area contributed by atoms with Gasteiger partial charge in [0.15, 0.2) is 0 Å². The van der Waals surface area contributed by atoms with Crippen LogP contribution in [0.1, 0.15) is 12.0 Å². The van der Waals surface area contributed by atoms with E-state index in [9.17, 15) is 9.59 Å². The Bertz CT molecular complexity index is 447. The average molecular weight is 254 g/mol. The smallest absolute Gasteiger partial charge is 0.328 e. The van der Waals surface area contributed by atoms with E-state index in [1.54, 1.807) is 18.2 Å². The number of esters is 1. The average Bonchev–Trinajstić information content (AvgIpc) is 2.64. The molecule has 0 radical (unpaired) electrons. The Balaban J connectivity index is 1.91. The van der Waals surface area contributed by atoms with Crippen LogP contribution in [0.3, 0.4) is 0 Å². The van der Waals surface area contributed by atoms with Crippen LogP contribution in [0.2, 0.25) is 5.02 Å². The molecule has 1 N–H and O–H groups in total. The van der Waals surface area contributed by atoms with Gasteiger partial charge in [-0.1, -0.05) is 23.7 Å². The van der Waals surface area contributed by atoms with Crippen molar-refractivity contribution in [3.8, 4) is 0 Å². The van der Waals surface area contributed by atoms with Crippen LogP contribution in [0.15, 0.2) is 24.3 Å². The number of carbonyl (C=O) groups excluding carboxylic acids is 2. The fourth-order valence-electron chi connectivity index (χ4n) is 1.70. The van der Waals surface area contributed by atoms with E-state index in [1.807, 2.05) is 6.07 Å². The lowest BCUT2D eigenvalue weighted by Gasteiger charge is -2.08. The van der Waals surface area contributed by atoms with Crippen molar-refractivity contribution in [2.45, 2.75) is 18.9 Å². The summed E-state index contributed by atoms with van der Waals surface area (Å²) in [7, 11) is 0. The number of halogens is 1. The molecular weight excluding hydrogens is 242 g/mol. The number of benzene rings is 1. The zero-order valence-corrected chi connectivity index (χ0v) is 9.87. The van der Waals surface area contributed by atoms with Gasteiger partial charge in [-0.05, 0) is 17.7 Å². The molecule has 1 fully saturated rings. The maximum atomic E-state index is 11.7. The van der Waals surface area contributed by atoms with Crippen LogP contribution in [-0.4, -0.2) is 24.5 Å². The van der Waals surface area contributed by atoms with Gasteiger partial charge in [0.25, 0.3) is 0 Å². The molecule has 0 aliphatic carbocycles. The van der Waals surface area contributed by atoms with Crippen LogP contribution in [0.4, 0.5) is 0 Å². The molecule has 1 atom stereocenters. The third-order valence-electron chi connectivity index (χ3n) is 2.52. The van der Waals surface area contributed by atoms with Gasteiger partial charge in [-0.3, -0.25) is 4.79 Å². The van der Waals surface area contributed by atoms with Crippen molar-refractivity contribution in [3.63, 3.8) is 0 Å². The summed E-state index contributed by atoms with van der Waals surface area (Å²) in [5, 5.41) is 3.23. The minimum Gasteiger partial charge on any atom is -0.464 e. The topological polar surface area (TPSA) is 55.4 Å². The molecule has 1 amide bonds. The molecule has 0 bridgehead atoms. The summed E-state index contributed by atoms with van der Waals surface area (Å²) in [6, 6.07) is 6.58. The third kappa shape index (κ3) is 3.20. The standard InChI is InChI=1S/C12H12ClNO3/c13-9-3-1-2-8(6-9)7-11(15)14-10-4-5-17-12(10)16/h1-3,6,10H,4-5,7H2,(H,14,15)/t10-/m1/s1. The molecule has 90 valence electrons. The number of rotatable bonds is 3. The zero-order chi connectivity index (χ0) is 12.3. The summed E-state index contributed by atoms with van der Waals surface area (Å²) in [5.41, 5.74) is 0.821. The van der Waals surface area contributed by atoms with Crippen molar-refractivity contribution in [2.75, 3.05) is 6.61 Å². The Morgan fingerprint density at radius 1 is 1.53 bits per heavy atom. The Morgan fingerprint density at radius 2 is 2.35 bits per heavy atom. The maximum absolute atomic E-state index is 11.7. The summed E-state index contributed by atoms with van der Waals surface area (Å²) in [6.07, 6.45) is 0.754. The fourth-order valence-corrected chi connectivity index (χ4v) is 1.92. The number of carbonyl (C=O) groups is 2. The molecule has 0 unspecified atom stereocenters. The molecule has 17 heavy (non-hydrogen) atoms. The first-order valence-electron chi connectivity index (χ1n) is 5.35. The van der Waals surface area contributed by atoms with Crippen molar-refractivity contribution >= 4 is 23.5 Å². The SMILES string of the molecule is O=C(Cc1cccc(Cl)c1)N[C@@H]1CCOC1=O. The van der Waals surface area contributed by atoms with E-state index in [1.165, 1.54) is 0 Å². The van der Waals surface area contributed by atoms with Crippen molar-refractivity contribution in [1.29, 1.82) is 0 Å². The lowest BCUT2D eigenvalue weighted by Crippen LogP contribution is -2.38. The molecule has 1 aliphatic rings. The van der Waals surface area contributed by atoms with Gasteiger partial charge in [-0.15, -0.1) is 0 Å². The molecular formula is C12H12ClNO3. The first-order chi connectivity index (χ1) is 8.15. The molecule has 0 spiro atoms. The summed E-state index contributed by atoms with van der Waals surface area (Å²) >= 11 is 5.82. The Morgan fingerprint density at radius 3 is 3.00 bits per heavy atom. The van der Waals surface area contributed by atoms with Crippen molar-refractivity contribution in [3.05, 3.63) is 34.9 Å². The second-order valence-electron chi connectivity index (χ2n) is 3.88. The highest BCUT2D eigenvalue weighted by atomic mass is 35.5. The molecule has 1 aliphatic heterocycles. The van der Waals surface area contributed by atoms with Gasteiger partial charge in [0, 0.05) is 11.4 Å². The van der Waals surface area contributed by atoms with Gasteiger partial charge in [-0.2, -0.15) is 0 Å². The first kappa shape index (κ1) is 11.9. The summed E-state index contributed by atoms with van der Waals surface area (Å²) in [4.78, 5) is 22.8. The van der Waals surface area contributed by atoms with Gasteiger partial charge in [0.05, 0.1) is 13.0 Å². The third-order valence-corrected chi connectivity index (χ3v) is 2.76. The number of ether oxygens (including phenoxy) is 1. The first-order valence-corrected chi connectivity index (χ1v) is 5.73. The Hall–Kier alpha value is -1.55. The highest BCUT2D eigenvalue weighted by Gasteiger charge is 2.27. The number of cyclic esters (lactones) is 1. The summed E-state index contributed by atoms with van der Waals surface area (Å²) in [6.45, 7) is 0.376. The van der Waals surface area contributed by atoms with E-state index < -0.39 is 6.04 Å². The van der Waals surface area contributed by atoms with Gasteiger partial charge >= 0.3 is 5.97 Å². The number of hydrogen-bond donors (Lipinski definition) is 1. The summed E-state index contributed by atoms with van der Waals surface area (Å²) in [5.74, 6) is -0.555. The van der Waals surface area contributed by atoms with Gasteiger partial charge in [-0.25, -0.2) is 4.79 Å². The second kappa shape index (κ2) is 5.19. The van der Waals surface area contributed by atoms with Crippen LogP contribution >= 0.6 is 11.6 Å². The molecule has 4 nitrogen and oxygen atoms in total. The van der Waals surface area contributed by atoms with Gasteiger partial charge in [0.1, 0.15) is 6.04 Å². The van der Waals surface area contributed by atoms with E-state index in [4.69, 9.17) is 16.3 Å². The van der Waals surface area contributed by atoms with Gasteiger partial charge < -0.3 is 10.1 Å². The van der Waals surface area contributed by atoms with Gasteiger partial charge in [0.2, 0.25) is 5.91 Å². The number of hydrogen-bond acceptors (Lipinski definition) is 3. The lowest BCUT2D eigenvalue weighted by atomic mass is 10.1. The van der Waals surface area contributed by atoms with E-state index in [0.717, 1.165) is 5.56 Å². The van der Waals surface area contributed by atoms with E-state index in [-0.39, 0.29) is 18.3 Å². The number of nitrogens with one attached hydrogen (secondary N) is 1. The van der Waals surface area contributed by atoms with Crippen molar-refractivity contribution < 1.29 is 14.3 Å². The molecule has 1 saturated heterocycles. The molecule has 5 heteroatoms. The highest BCUT2D eigenvalue weighted by molar-refractivity contribution is 6.30.